The van der Waals surface area contributed by atoms with Crippen LogP contribution in [0.1, 0.15) is 17.9 Å². The molecule has 1 rings (SSSR count). The van der Waals surface area contributed by atoms with Gasteiger partial charge in [0.2, 0.25) is 0 Å². The quantitative estimate of drug-likeness (QED) is 0.454. The summed E-state index contributed by atoms with van der Waals surface area (Å²) >= 11 is 1.05. The zero-order valence-electron chi connectivity index (χ0n) is 9.74. The molecule has 0 fully saturated rings. The molecule has 0 aliphatic heterocycles. The van der Waals surface area contributed by atoms with Gasteiger partial charge in [-0.25, -0.2) is 9.37 Å². The third-order valence-corrected chi connectivity index (χ3v) is 2.67. The van der Waals surface area contributed by atoms with Crippen molar-refractivity contribution in [2.45, 2.75) is 18.6 Å². The number of aromatic nitrogens is 1. The lowest BCUT2D eigenvalue weighted by molar-refractivity contribution is 0.214. The molecule has 1 aromatic rings. The molecule has 1 aromatic heterocycles. The van der Waals surface area contributed by atoms with Gasteiger partial charge in [-0.15, -0.1) is 0 Å². The Morgan fingerprint density at radius 3 is 2.83 bits per heavy atom. The van der Waals surface area contributed by atoms with Crippen molar-refractivity contribution in [1.82, 2.24) is 4.98 Å². The van der Waals surface area contributed by atoms with Crippen LogP contribution >= 0.6 is 11.8 Å². The predicted octanol–water partition coefficient (Wildman–Crippen LogP) is 3.52. The average Bonchev–Trinajstić information content (AvgIpc) is 2.67. The molecule has 0 spiro atoms. The third kappa shape index (κ3) is 4.44. The zero-order valence-corrected chi connectivity index (χ0v) is 10.6. The summed E-state index contributed by atoms with van der Waals surface area (Å²) in [6, 6.07) is 0. The minimum Gasteiger partial charge on any atom is -0.430 e. The predicted molar refractivity (Wildman–Crippen MR) is 61.5 cm³/mol. The van der Waals surface area contributed by atoms with Crippen molar-refractivity contribution in [3.05, 3.63) is 23.4 Å². The Bertz CT molecular complexity index is 456. The maximum atomic E-state index is 12.5. The number of allylic oxidation sites excluding steroid dienone is 1. The van der Waals surface area contributed by atoms with E-state index in [0.717, 1.165) is 11.8 Å². The minimum atomic E-state index is -2.29. The minimum absolute atomic E-state index is 0.115. The molecule has 0 amide bonds. The van der Waals surface area contributed by atoms with E-state index in [0.29, 0.717) is 11.5 Å². The third-order valence-electron chi connectivity index (χ3n) is 1.84. The molecular weight excluding hydrogens is 269 g/mol. The Kier molecular flexibility index (Phi) is 5.76. The van der Waals surface area contributed by atoms with Crippen molar-refractivity contribution in [2.75, 3.05) is 12.9 Å². The first-order valence-corrected chi connectivity index (χ1v) is 5.89. The van der Waals surface area contributed by atoms with Crippen molar-refractivity contribution in [3.63, 3.8) is 0 Å². The fourth-order valence-corrected chi connectivity index (χ4v) is 1.79. The number of halogens is 3. The number of oxazole rings is 1. The summed E-state index contributed by atoms with van der Waals surface area (Å²) in [5.74, 6) is -0.886. The molecule has 1 heterocycles. The van der Waals surface area contributed by atoms with E-state index in [1.54, 1.807) is 6.92 Å². The van der Waals surface area contributed by atoms with E-state index in [1.165, 1.54) is 13.3 Å². The van der Waals surface area contributed by atoms with Crippen molar-refractivity contribution >= 4 is 18.0 Å². The van der Waals surface area contributed by atoms with Crippen LogP contribution in [-0.2, 0) is 4.84 Å². The first kappa shape index (κ1) is 14.6. The van der Waals surface area contributed by atoms with Gasteiger partial charge in [-0.2, -0.15) is 8.78 Å². The van der Waals surface area contributed by atoms with Gasteiger partial charge in [0.15, 0.2) is 11.6 Å². The molecule has 0 bridgehead atoms. The summed E-state index contributed by atoms with van der Waals surface area (Å²) in [6.45, 7) is 1.70. The van der Waals surface area contributed by atoms with Crippen molar-refractivity contribution in [3.8, 4) is 0 Å². The van der Waals surface area contributed by atoms with E-state index >= 15 is 0 Å². The zero-order chi connectivity index (χ0) is 13.5. The summed E-state index contributed by atoms with van der Waals surface area (Å²) in [4.78, 5) is 8.51. The molecule has 0 aliphatic rings. The molecule has 4 nitrogen and oxygen atoms in total. The number of oxime groups is 1. The Hall–Kier alpha value is -1.44. The first-order valence-electron chi connectivity index (χ1n) is 4.91. The number of rotatable bonds is 6. The lowest BCUT2D eigenvalue weighted by Gasteiger charge is -1.94. The van der Waals surface area contributed by atoms with Crippen LogP contribution in [0.3, 0.4) is 0 Å². The molecule has 18 heavy (non-hydrogen) atoms. The van der Waals surface area contributed by atoms with Crippen LogP contribution in [-0.4, -0.2) is 24.1 Å². The van der Waals surface area contributed by atoms with E-state index < -0.39 is 11.9 Å². The fraction of sp³-hybridized carbons (Fsp3) is 0.400. The molecule has 0 saturated heterocycles. The van der Waals surface area contributed by atoms with E-state index in [1.807, 2.05) is 0 Å². The standard InChI is InChI=1S/C10H11F3N2O2S/c1-6-8(5-14-16-2)17-10(15-6)18-4-3-7(11)9(12)13/h5H,3-4H2,1-2H3. The van der Waals surface area contributed by atoms with Gasteiger partial charge in [0.25, 0.3) is 5.22 Å². The number of hydrogen-bond acceptors (Lipinski definition) is 5. The monoisotopic (exact) mass is 280 g/mol. The Morgan fingerprint density at radius 1 is 1.50 bits per heavy atom. The van der Waals surface area contributed by atoms with Gasteiger partial charge in [-0.05, 0) is 6.92 Å². The van der Waals surface area contributed by atoms with Gasteiger partial charge < -0.3 is 9.25 Å². The van der Waals surface area contributed by atoms with Gasteiger partial charge in [-0.3, -0.25) is 0 Å². The number of aryl methyl sites for hydroxylation is 1. The highest BCUT2D eigenvalue weighted by Gasteiger charge is 2.10. The summed E-state index contributed by atoms with van der Waals surface area (Å²) in [7, 11) is 1.39. The molecule has 8 heteroatoms. The maximum absolute atomic E-state index is 12.5. The molecule has 0 radical (unpaired) electrons. The van der Waals surface area contributed by atoms with Gasteiger partial charge in [0.05, 0.1) is 5.69 Å². The number of nitrogens with zero attached hydrogens (tertiary/aromatic N) is 2. The molecule has 0 N–H and O–H groups in total. The van der Waals surface area contributed by atoms with Crippen LogP contribution < -0.4 is 0 Å². The topological polar surface area (TPSA) is 47.6 Å². The second-order valence-corrected chi connectivity index (χ2v) is 4.16. The lowest BCUT2D eigenvalue weighted by atomic mass is 10.4. The molecule has 0 saturated carbocycles. The van der Waals surface area contributed by atoms with Crippen LogP contribution in [0.5, 0.6) is 0 Å². The number of thioether (sulfide) groups is 1. The fourth-order valence-electron chi connectivity index (χ4n) is 0.987. The number of hydrogen-bond donors (Lipinski definition) is 0. The van der Waals surface area contributed by atoms with E-state index in [2.05, 4.69) is 15.0 Å². The van der Waals surface area contributed by atoms with Crippen molar-refractivity contribution < 1.29 is 22.4 Å². The van der Waals surface area contributed by atoms with Crippen molar-refractivity contribution in [1.29, 1.82) is 0 Å². The van der Waals surface area contributed by atoms with Gasteiger partial charge in [0.1, 0.15) is 13.3 Å². The summed E-state index contributed by atoms with van der Waals surface area (Å²) < 4.78 is 41.3. The van der Waals surface area contributed by atoms with Crippen LogP contribution in [0.15, 0.2) is 26.7 Å². The smallest absolute Gasteiger partial charge is 0.301 e. The van der Waals surface area contributed by atoms with Gasteiger partial charge in [-0.1, -0.05) is 16.9 Å². The lowest BCUT2D eigenvalue weighted by Crippen LogP contribution is -1.83. The van der Waals surface area contributed by atoms with Crippen LogP contribution in [0.25, 0.3) is 0 Å². The molecule has 0 atom stereocenters. The molecule has 0 unspecified atom stereocenters. The Morgan fingerprint density at radius 2 is 2.22 bits per heavy atom. The maximum Gasteiger partial charge on any atom is 0.301 e. The molecule has 0 aromatic carbocycles. The van der Waals surface area contributed by atoms with Crippen LogP contribution in [0, 0.1) is 6.92 Å². The SMILES string of the molecule is CON=Cc1oc(SCCC(F)=C(F)F)nc1C. The molecular formula is C10H11F3N2O2S. The second kappa shape index (κ2) is 7.10. The van der Waals surface area contributed by atoms with Crippen LogP contribution in [0.2, 0.25) is 0 Å². The van der Waals surface area contributed by atoms with Crippen molar-refractivity contribution in [2.24, 2.45) is 5.16 Å². The van der Waals surface area contributed by atoms with Crippen LogP contribution in [0.4, 0.5) is 13.2 Å². The summed E-state index contributed by atoms with van der Waals surface area (Å²) in [6.07, 6.45) is -1.31. The Labute approximate surface area is 106 Å². The van der Waals surface area contributed by atoms with E-state index in [-0.39, 0.29) is 17.4 Å². The summed E-state index contributed by atoms with van der Waals surface area (Å²) in [5.41, 5.74) is 0.589. The molecule has 100 valence electrons. The van der Waals surface area contributed by atoms with E-state index in [9.17, 15) is 13.2 Å². The van der Waals surface area contributed by atoms with Gasteiger partial charge in [0, 0.05) is 12.2 Å². The average molecular weight is 280 g/mol. The first-order chi connectivity index (χ1) is 8.54. The Balaban J connectivity index is 2.54. The normalized spacial score (nSPS) is 10.9. The highest BCUT2D eigenvalue weighted by atomic mass is 32.2. The summed E-state index contributed by atoms with van der Waals surface area (Å²) in [5, 5.41) is 3.79. The van der Waals surface area contributed by atoms with Gasteiger partial charge >= 0.3 is 6.08 Å². The molecule has 0 aliphatic carbocycles. The highest BCUT2D eigenvalue weighted by molar-refractivity contribution is 7.99. The van der Waals surface area contributed by atoms with E-state index in [4.69, 9.17) is 4.42 Å². The highest BCUT2D eigenvalue weighted by Crippen LogP contribution is 2.23. The largest absolute Gasteiger partial charge is 0.430 e. The second-order valence-electron chi connectivity index (χ2n) is 3.11.